The zero-order valence-corrected chi connectivity index (χ0v) is 15.6. The van der Waals surface area contributed by atoms with Crippen LogP contribution in [0.25, 0.3) is 0 Å². The van der Waals surface area contributed by atoms with E-state index < -0.39 is 0 Å². The van der Waals surface area contributed by atoms with Crippen molar-refractivity contribution in [3.63, 3.8) is 0 Å². The summed E-state index contributed by atoms with van der Waals surface area (Å²) in [6.07, 6.45) is 1.23. The molecule has 7 heteroatoms. The molecule has 0 atom stereocenters. The molecule has 0 bridgehead atoms. The number of halogens is 1. The molecule has 0 radical (unpaired) electrons. The van der Waals surface area contributed by atoms with Crippen LogP contribution in [0, 0.1) is 11.7 Å². The van der Waals surface area contributed by atoms with E-state index in [1.807, 2.05) is 0 Å². The molecule has 0 aliphatic carbocycles. The van der Waals surface area contributed by atoms with E-state index in [4.69, 9.17) is 10.5 Å². The number of nitrogens with zero attached hydrogens (tertiary/aromatic N) is 1. The van der Waals surface area contributed by atoms with Crippen LogP contribution in [0.4, 0.5) is 14.9 Å². The third kappa shape index (κ3) is 5.45. The van der Waals surface area contributed by atoms with Gasteiger partial charge in [-0.2, -0.15) is 0 Å². The Morgan fingerprint density at radius 1 is 1.07 bits per heavy atom. The van der Waals surface area contributed by atoms with Crippen molar-refractivity contribution in [2.24, 2.45) is 5.92 Å². The first kappa shape index (κ1) is 19.7. The number of nitrogens with two attached hydrogens (primary N) is 1. The Kier molecular flexibility index (Phi) is 6.47. The number of anilines is 1. The van der Waals surface area contributed by atoms with Crippen LogP contribution in [0.2, 0.25) is 0 Å². The van der Waals surface area contributed by atoms with E-state index in [0.29, 0.717) is 36.8 Å². The first-order chi connectivity index (χ1) is 13.5. The van der Waals surface area contributed by atoms with Crippen LogP contribution in [0.5, 0.6) is 0 Å². The number of piperidine rings is 1. The molecule has 3 rings (SSSR count). The summed E-state index contributed by atoms with van der Waals surface area (Å²) < 4.78 is 18.2. The molecule has 0 unspecified atom stereocenters. The molecule has 2 aromatic carbocycles. The van der Waals surface area contributed by atoms with E-state index >= 15 is 0 Å². The molecule has 1 saturated heterocycles. The number of likely N-dealkylation sites (tertiary alicyclic amines) is 1. The Morgan fingerprint density at radius 2 is 1.71 bits per heavy atom. The largest absolute Gasteiger partial charge is 0.445 e. The van der Waals surface area contributed by atoms with Crippen molar-refractivity contribution in [2.45, 2.75) is 19.4 Å². The zero-order valence-electron chi connectivity index (χ0n) is 15.6. The van der Waals surface area contributed by atoms with Gasteiger partial charge in [-0.25, -0.2) is 9.18 Å². The summed E-state index contributed by atoms with van der Waals surface area (Å²) in [7, 11) is 0. The molecule has 6 nitrogen and oxygen atoms in total. The minimum absolute atomic E-state index is 0.122. The van der Waals surface area contributed by atoms with Gasteiger partial charge in [0, 0.05) is 30.9 Å². The van der Waals surface area contributed by atoms with E-state index in [2.05, 4.69) is 5.32 Å². The Labute approximate surface area is 163 Å². The maximum Gasteiger partial charge on any atom is 0.410 e. The lowest BCUT2D eigenvalue weighted by atomic mass is 9.97. The van der Waals surface area contributed by atoms with Gasteiger partial charge in [0.05, 0.1) is 0 Å². The Balaban J connectivity index is 1.37. The van der Waals surface area contributed by atoms with Gasteiger partial charge < -0.3 is 20.7 Å². The molecule has 2 amide bonds. The Hall–Kier alpha value is -3.09. The standard InChI is InChI=1S/C21H24FN3O3/c22-18-5-1-16(2-6-18)14-28-21(27)25-11-9-15(10-12-25)13-24-20(26)17-3-7-19(23)8-4-17/h1-8,15H,9-14,23H2,(H,24,26). The van der Waals surface area contributed by atoms with E-state index in [0.717, 1.165) is 18.4 Å². The van der Waals surface area contributed by atoms with Crippen LogP contribution in [0.3, 0.4) is 0 Å². The summed E-state index contributed by atoms with van der Waals surface area (Å²) in [5, 5.41) is 2.94. The molecule has 28 heavy (non-hydrogen) atoms. The van der Waals surface area contributed by atoms with Gasteiger partial charge in [0.25, 0.3) is 5.91 Å². The average molecular weight is 385 g/mol. The monoisotopic (exact) mass is 385 g/mol. The molecule has 0 spiro atoms. The van der Waals surface area contributed by atoms with Gasteiger partial charge >= 0.3 is 6.09 Å². The number of hydrogen-bond donors (Lipinski definition) is 2. The fraction of sp³-hybridized carbons (Fsp3) is 0.333. The van der Waals surface area contributed by atoms with E-state index in [-0.39, 0.29) is 24.4 Å². The predicted molar refractivity (Wildman–Crippen MR) is 104 cm³/mol. The molecular formula is C21H24FN3O3. The van der Waals surface area contributed by atoms with Crippen molar-refractivity contribution in [1.29, 1.82) is 0 Å². The fourth-order valence-electron chi connectivity index (χ4n) is 3.11. The van der Waals surface area contributed by atoms with Gasteiger partial charge in [-0.15, -0.1) is 0 Å². The number of rotatable bonds is 5. The van der Waals surface area contributed by atoms with Crippen molar-refractivity contribution >= 4 is 17.7 Å². The molecule has 148 valence electrons. The van der Waals surface area contributed by atoms with Crippen LogP contribution in [0.15, 0.2) is 48.5 Å². The van der Waals surface area contributed by atoms with Crippen molar-refractivity contribution in [2.75, 3.05) is 25.4 Å². The van der Waals surface area contributed by atoms with E-state index in [9.17, 15) is 14.0 Å². The SMILES string of the molecule is Nc1ccc(C(=O)NCC2CCN(C(=O)OCc3ccc(F)cc3)CC2)cc1. The highest BCUT2D eigenvalue weighted by Gasteiger charge is 2.24. The van der Waals surface area contributed by atoms with Gasteiger partial charge in [0.2, 0.25) is 0 Å². The second-order valence-corrected chi connectivity index (χ2v) is 6.94. The first-order valence-electron chi connectivity index (χ1n) is 9.31. The highest BCUT2D eigenvalue weighted by atomic mass is 19.1. The molecule has 1 aliphatic rings. The number of hydrogen-bond acceptors (Lipinski definition) is 4. The van der Waals surface area contributed by atoms with Crippen molar-refractivity contribution < 1.29 is 18.7 Å². The summed E-state index contributed by atoms with van der Waals surface area (Å²) >= 11 is 0. The number of carbonyl (C=O) groups excluding carboxylic acids is 2. The summed E-state index contributed by atoms with van der Waals surface area (Å²) in [6, 6.07) is 12.7. The lowest BCUT2D eigenvalue weighted by Gasteiger charge is -2.31. The van der Waals surface area contributed by atoms with E-state index in [1.54, 1.807) is 41.3 Å². The van der Waals surface area contributed by atoms with Crippen molar-refractivity contribution in [3.8, 4) is 0 Å². The maximum atomic E-state index is 12.9. The number of amides is 2. The number of ether oxygens (including phenoxy) is 1. The van der Waals surface area contributed by atoms with E-state index in [1.165, 1.54) is 12.1 Å². The normalized spacial score (nSPS) is 14.5. The molecule has 3 N–H and O–H groups in total. The quantitative estimate of drug-likeness (QED) is 0.774. The number of nitrogen functional groups attached to an aromatic ring is 1. The minimum Gasteiger partial charge on any atom is -0.445 e. The molecule has 1 heterocycles. The smallest absolute Gasteiger partial charge is 0.410 e. The van der Waals surface area contributed by atoms with Crippen LogP contribution >= 0.6 is 0 Å². The van der Waals surface area contributed by atoms with Crippen LogP contribution < -0.4 is 11.1 Å². The van der Waals surface area contributed by atoms with Crippen molar-refractivity contribution in [3.05, 3.63) is 65.5 Å². The average Bonchev–Trinajstić information content (AvgIpc) is 2.72. The summed E-state index contributed by atoms with van der Waals surface area (Å²) in [6.45, 7) is 1.87. The highest BCUT2D eigenvalue weighted by Crippen LogP contribution is 2.18. The van der Waals surface area contributed by atoms with Crippen LogP contribution in [0.1, 0.15) is 28.8 Å². The molecule has 1 fully saturated rings. The third-order valence-electron chi connectivity index (χ3n) is 4.87. The van der Waals surface area contributed by atoms with Gasteiger partial charge in [0.15, 0.2) is 0 Å². The molecule has 0 saturated carbocycles. The number of nitrogens with one attached hydrogen (secondary N) is 1. The lowest BCUT2D eigenvalue weighted by molar-refractivity contribution is 0.0800. The Bertz CT molecular complexity index is 801. The number of carbonyl (C=O) groups is 2. The lowest BCUT2D eigenvalue weighted by Crippen LogP contribution is -2.41. The van der Waals surface area contributed by atoms with Crippen molar-refractivity contribution in [1.82, 2.24) is 10.2 Å². The molecular weight excluding hydrogens is 361 g/mol. The summed E-state index contributed by atoms with van der Waals surface area (Å²) in [4.78, 5) is 26.0. The molecule has 1 aliphatic heterocycles. The van der Waals surface area contributed by atoms with Crippen LogP contribution in [-0.2, 0) is 11.3 Å². The summed E-state index contributed by atoms with van der Waals surface area (Å²) in [5.74, 6) is -0.124. The van der Waals surface area contributed by atoms with Gasteiger partial charge in [-0.3, -0.25) is 4.79 Å². The van der Waals surface area contributed by atoms with Crippen LogP contribution in [-0.4, -0.2) is 36.5 Å². The maximum absolute atomic E-state index is 12.9. The second kappa shape index (κ2) is 9.21. The van der Waals surface area contributed by atoms with Gasteiger partial charge in [-0.1, -0.05) is 12.1 Å². The first-order valence-corrected chi connectivity index (χ1v) is 9.31. The summed E-state index contributed by atoms with van der Waals surface area (Å²) in [5.41, 5.74) is 7.57. The predicted octanol–water partition coefficient (Wildman–Crippen LogP) is 3.19. The van der Waals surface area contributed by atoms with Gasteiger partial charge in [0.1, 0.15) is 12.4 Å². The topological polar surface area (TPSA) is 84.7 Å². The number of benzene rings is 2. The minimum atomic E-state index is -0.367. The Morgan fingerprint density at radius 3 is 2.36 bits per heavy atom. The third-order valence-corrected chi connectivity index (χ3v) is 4.87. The molecule has 0 aromatic heterocycles. The second-order valence-electron chi connectivity index (χ2n) is 6.94. The fourth-order valence-corrected chi connectivity index (χ4v) is 3.11. The van der Waals surface area contributed by atoms with Gasteiger partial charge in [-0.05, 0) is 60.7 Å². The zero-order chi connectivity index (χ0) is 19.9. The highest BCUT2D eigenvalue weighted by molar-refractivity contribution is 5.94. The molecule has 2 aromatic rings.